The zero-order valence-corrected chi connectivity index (χ0v) is 9.18. The quantitative estimate of drug-likeness (QED) is 0.546. The van der Waals surface area contributed by atoms with Gasteiger partial charge in [-0.05, 0) is 0 Å². The molecule has 0 aliphatic carbocycles. The molecule has 12 heavy (non-hydrogen) atoms. The molecule has 6 heteroatoms. The smallest absolute Gasteiger partial charge is 0.471 e. The number of hydrogen-bond donors (Lipinski definition) is 1. The van der Waals surface area contributed by atoms with Crippen LogP contribution in [0.25, 0.3) is 0 Å². The summed E-state index contributed by atoms with van der Waals surface area (Å²) in [6.45, 7) is 4.17. The molecule has 0 aromatic rings. The minimum atomic E-state index is -2.68. The van der Waals surface area contributed by atoms with Crippen molar-refractivity contribution in [1.82, 2.24) is 0 Å². The van der Waals surface area contributed by atoms with Crippen molar-refractivity contribution in [1.29, 1.82) is 0 Å². The highest BCUT2D eigenvalue weighted by Crippen LogP contribution is 2.09. The van der Waals surface area contributed by atoms with Gasteiger partial charge in [-0.3, -0.25) is 9.59 Å². The molecule has 0 spiro atoms. The topological polar surface area (TPSA) is 52.6 Å². The van der Waals surface area contributed by atoms with Crippen LogP contribution in [-0.4, -0.2) is 25.9 Å². The van der Waals surface area contributed by atoms with E-state index in [2.05, 4.69) is 12.6 Å². The highest BCUT2D eigenvalue weighted by molar-refractivity contribution is 7.82. The van der Waals surface area contributed by atoms with E-state index >= 15 is 0 Å². The van der Waals surface area contributed by atoms with Gasteiger partial charge in [-0.2, -0.15) is 12.6 Å². The molecule has 0 radical (unpaired) electrons. The van der Waals surface area contributed by atoms with Crippen LogP contribution in [-0.2, 0) is 18.4 Å². The molecule has 0 saturated heterocycles. The fraction of sp³-hybridized carbons (Fsp3) is 0.667. The van der Waals surface area contributed by atoms with Crippen molar-refractivity contribution >= 4 is 33.1 Å². The van der Waals surface area contributed by atoms with Crippen molar-refractivity contribution in [2.45, 2.75) is 20.4 Å². The minimum Gasteiger partial charge on any atom is -0.485 e. The van der Waals surface area contributed by atoms with Crippen LogP contribution in [0, 0.1) is 0 Å². The van der Waals surface area contributed by atoms with E-state index in [9.17, 15) is 9.59 Å². The maximum Gasteiger partial charge on any atom is 0.471 e. The van der Waals surface area contributed by atoms with Crippen molar-refractivity contribution < 1.29 is 18.4 Å². The molecule has 0 unspecified atom stereocenters. The maximum atomic E-state index is 10.6. The summed E-state index contributed by atoms with van der Waals surface area (Å²) in [5.74, 6) is -0.890. The number of rotatable bonds is 3. The number of carbonyl (C=O) groups is 2. The van der Waals surface area contributed by atoms with E-state index in [4.69, 9.17) is 8.85 Å². The van der Waals surface area contributed by atoms with Gasteiger partial charge in [0, 0.05) is 20.4 Å². The zero-order valence-electron chi connectivity index (χ0n) is 7.29. The van der Waals surface area contributed by atoms with E-state index in [-0.39, 0.29) is 5.38 Å². The first kappa shape index (κ1) is 11.5. The second-order valence-corrected chi connectivity index (χ2v) is 6.42. The maximum absolute atomic E-state index is 10.6. The predicted molar refractivity (Wildman–Crippen MR) is 49.0 cm³/mol. The van der Waals surface area contributed by atoms with Crippen LogP contribution in [0.15, 0.2) is 0 Å². The van der Waals surface area contributed by atoms with Crippen LogP contribution in [0.2, 0.25) is 6.55 Å². The van der Waals surface area contributed by atoms with Gasteiger partial charge in [0.1, 0.15) is 0 Å². The van der Waals surface area contributed by atoms with Gasteiger partial charge in [-0.1, -0.05) is 0 Å². The fourth-order valence-corrected chi connectivity index (χ4v) is 2.47. The van der Waals surface area contributed by atoms with E-state index in [1.165, 1.54) is 13.8 Å². The third kappa shape index (κ3) is 4.40. The second-order valence-electron chi connectivity index (χ2n) is 2.48. The summed E-state index contributed by atoms with van der Waals surface area (Å²) in [5.41, 5.74) is 0. The lowest BCUT2D eigenvalue weighted by molar-refractivity contribution is -0.138. The van der Waals surface area contributed by atoms with Gasteiger partial charge >= 0.3 is 8.56 Å². The van der Waals surface area contributed by atoms with Crippen LogP contribution in [0.4, 0.5) is 0 Å². The van der Waals surface area contributed by atoms with Gasteiger partial charge in [-0.15, -0.1) is 0 Å². The van der Waals surface area contributed by atoms with Crippen molar-refractivity contribution in [3.8, 4) is 0 Å². The van der Waals surface area contributed by atoms with Gasteiger partial charge in [0.2, 0.25) is 0 Å². The summed E-state index contributed by atoms with van der Waals surface area (Å²) in [5, 5.41) is 0.270. The second kappa shape index (κ2) is 4.51. The van der Waals surface area contributed by atoms with E-state index in [1.54, 1.807) is 6.55 Å². The molecular weight excluding hydrogens is 196 g/mol. The molecule has 70 valence electrons. The molecule has 0 bridgehead atoms. The first-order valence-corrected chi connectivity index (χ1v) is 6.55. The van der Waals surface area contributed by atoms with Crippen molar-refractivity contribution in [3.63, 3.8) is 0 Å². The Morgan fingerprint density at radius 1 is 1.25 bits per heavy atom. The largest absolute Gasteiger partial charge is 0.485 e. The van der Waals surface area contributed by atoms with Gasteiger partial charge in [0.25, 0.3) is 11.9 Å². The molecule has 0 N–H and O–H groups in total. The molecule has 0 heterocycles. The average Bonchev–Trinajstić information content (AvgIpc) is 1.83. The van der Waals surface area contributed by atoms with Gasteiger partial charge < -0.3 is 8.85 Å². The predicted octanol–water partition coefficient (Wildman–Crippen LogP) is 0.654. The SMILES string of the molecule is CC(=O)O[Si](C)(CS)OC(C)=O. The van der Waals surface area contributed by atoms with Crippen LogP contribution in [0.5, 0.6) is 0 Å². The molecule has 0 rings (SSSR count). The first-order chi connectivity index (χ1) is 5.39. The lowest BCUT2D eigenvalue weighted by atomic mass is 10.9. The normalized spacial score (nSPS) is 10.7. The Balaban J connectivity index is 4.23. The van der Waals surface area contributed by atoms with Gasteiger partial charge in [0.05, 0.1) is 5.38 Å². The number of thiol groups is 1. The Kier molecular flexibility index (Phi) is 4.33. The molecule has 0 aliphatic heterocycles. The molecule has 4 nitrogen and oxygen atoms in total. The van der Waals surface area contributed by atoms with E-state index in [0.717, 1.165) is 0 Å². The summed E-state index contributed by atoms with van der Waals surface area (Å²) < 4.78 is 9.76. The van der Waals surface area contributed by atoms with E-state index in [1.807, 2.05) is 0 Å². The van der Waals surface area contributed by atoms with Crippen LogP contribution >= 0.6 is 12.6 Å². The Morgan fingerprint density at radius 2 is 1.58 bits per heavy atom. The van der Waals surface area contributed by atoms with Crippen molar-refractivity contribution in [3.05, 3.63) is 0 Å². The molecule has 0 amide bonds. The lowest BCUT2D eigenvalue weighted by Gasteiger charge is -2.22. The van der Waals surface area contributed by atoms with Crippen molar-refractivity contribution in [2.24, 2.45) is 0 Å². The monoisotopic (exact) mass is 208 g/mol. The summed E-state index contributed by atoms with van der Waals surface area (Å²) >= 11 is 3.96. The number of hydrogen-bond acceptors (Lipinski definition) is 5. The lowest BCUT2D eigenvalue weighted by Crippen LogP contribution is -2.44. The Bertz CT molecular complexity index is 178. The molecule has 0 aromatic carbocycles. The molecule has 0 aromatic heterocycles. The Morgan fingerprint density at radius 3 is 1.75 bits per heavy atom. The molecule has 0 atom stereocenters. The van der Waals surface area contributed by atoms with Crippen LogP contribution in [0.1, 0.15) is 13.8 Å². The van der Waals surface area contributed by atoms with E-state index < -0.39 is 20.5 Å². The highest BCUT2D eigenvalue weighted by atomic mass is 32.1. The summed E-state index contributed by atoms with van der Waals surface area (Å²) in [4.78, 5) is 21.2. The average molecular weight is 208 g/mol. The van der Waals surface area contributed by atoms with Crippen molar-refractivity contribution in [2.75, 3.05) is 5.38 Å². The van der Waals surface area contributed by atoms with Crippen LogP contribution in [0.3, 0.4) is 0 Å². The zero-order chi connectivity index (χ0) is 9.78. The third-order valence-electron chi connectivity index (χ3n) is 1.01. The molecule has 0 fully saturated rings. The van der Waals surface area contributed by atoms with Gasteiger partial charge in [0.15, 0.2) is 0 Å². The molecule has 0 aliphatic rings. The van der Waals surface area contributed by atoms with Crippen LogP contribution < -0.4 is 0 Å². The highest BCUT2D eigenvalue weighted by Gasteiger charge is 2.36. The third-order valence-corrected chi connectivity index (χ3v) is 4.74. The minimum absolute atomic E-state index is 0.270. The van der Waals surface area contributed by atoms with E-state index in [0.29, 0.717) is 0 Å². The number of carbonyl (C=O) groups excluding carboxylic acids is 2. The summed E-state index contributed by atoms with van der Waals surface area (Å²) in [7, 11) is -2.68. The first-order valence-electron chi connectivity index (χ1n) is 3.39. The Labute approximate surface area is 77.9 Å². The standard InChI is InChI=1S/C6H12O4SSi/c1-5(7)9-12(3,4-11)10-6(2)8/h11H,4H2,1-3H3. The summed E-state index contributed by atoms with van der Waals surface area (Å²) in [6.07, 6.45) is 0. The van der Waals surface area contributed by atoms with Gasteiger partial charge in [-0.25, -0.2) is 0 Å². The Hall–Kier alpha value is -0.493. The fourth-order valence-electron chi connectivity index (χ4n) is 0.693. The summed E-state index contributed by atoms with van der Waals surface area (Å²) in [6, 6.07) is 0. The molecule has 0 saturated carbocycles. The molecular formula is C6H12O4SSi.